The minimum Gasteiger partial charge on any atom is -0.507 e. The Morgan fingerprint density at radius 3 is 2.46 bits per heavy atom. The fourth-order valence-electron chi connectivity index (χ4n) is 3.06. The van der Waals surface area contributed by atoms with E-state index in [4.69, 9.17) is 27.6 Å². The summed E-state index contributed by atoms with van der Waals surface area (Å²) in [6, 6.07) is 8.10. The van der Waals surface area contributed by atoms with Gasteiger partial charge in [-0.25, -0.2) is 0 Å². The fourth-order valence-corrected chi connectivity index (χ4v) is 3.57. The van der Waals surface area contributed by atoms with E-state index in [-0.39, 0.29) is 11.2 Å². The lowest BCUT2D eigenvalue weighted by atomic mass is 10.0. The molecule has 0 bridgehead atoms. The standard InChI is InChI=1S/C20H19Cl2NO3/c1-3-23(4-2)10-15-18(24)8-7-14-19(25)16(11-26-20(14)15)13-6-5-12(21)9-17(13)22/h5-9,11,24H,3-4,10H2,1-2H3/p+1. The summed E-state index contributed by atoms with van der Waals surface area (Å²) in [5.41, 5.74) is 1.81. The first kappa shape index (κ1) is 18.8. The Hall–Kier alpha value is -2.01. The van der Waals surface area contributed by atoms with Gasteiger partial charge in [-0.2, -0.15) is 0 Å². The third kappa shape index (κ3) is 3.45. The second kappa shape index (κ2) is 7.70. The SMILES string of the molecule is CC[NH+](CC)Cc1c(O)ccc2c(=O)c(-c3ccc(Cl)cc3Cl)coc12. The molecule has 0 aliphatic carbocycles. The highest BCUT2D eigenvalue weighted by Crippen LogP contribution is 2.31. The molecule has 0 amide bonds. The van der Waals surface area contributed by atoms with Crippen LogP contribution in [-0.4, -0.2) is 18.2 Å². The topological polar surface area (TPSA) is 54.9 Å². The molecule has 0 saturated carbocycles. The van der Waals surface area contributed by atoms with E-state index in [2.05, 4.69) is 13.8 Å². The summed E-state index contributed by atoms with van der Waals surface area (Å²) in [4.78, 5) is 14.3. The highest BCUT2D eigenvalue weighted by Gasteiger charge is 2.19. The van der Waals surface area contributed by atoms with Crippen LogP contribution < -0.4 is 10.3 Å². The Morgan fingerprint density at radius 1 is 1.08 bits per heavy atom. The lowest BCUT2D eigenvalue weighted by Gasteiger charge is -2.17. The highest BCUT2D eigenvalue weighted by atomic mass is 35.5. The van der Waals surface area contributed by atoms with Crippen LogP contribution in [0.3, 0.4) is 0 Å². The van der Waals surface area contributed by atoms with Gasteiger partial charge < -0.3 is 14.4 Å². The van der Waals surface area contributed by atoms with Gasteiger partial charge in [-0.3, -0.25) is 4.79 Å². The van der Waals surface area contributed by atoms with Crippen molar-refractivity contribution in [2.24, 2.45) is 0 Å². The zero-order valence-electron chi connectivity index (χ0n) is 14.6. The number of phenols is 1. The molecule has 1 aromatic heterocycles. The summed E-state index contributed by atoms with van der Waals surface area (Å²) >= 11 is 12.2. The second-order valence-electron chi connectivity index (χ2n) is 6.18. The van der Waals surface area contributed by atoms with Crippen LogP contribution in [0.4, 0.5) is 0 Å². The van der Waals surface area contributed by atoms with Crippen LogP contribution in [0.1, 0.15) is 19.4 Å². The molecule has 136 valence electrons. The van der Waals surface area contributed by atoms with Gasteiger partial charge in [-0.15, -0.1) is 0 Å². The highest BCUT2D eigenvalue weighted by molar-refractivity contribution is 6.36. The number of halogens is 2. The number of fused-ring (bicyclic) bond motifs is 1. The van der Waals surface area contributed by atoms with E-state index in [1.54, 1.807) is 30.3 Å². The Labute approximate surface area is 161 Å². The Kier molecular flexibility index (Phi) is 5.56. The van der Waals surface area contributed by atoms with Crippen LogP contribution >= 0.6 is 23.2 Å². The van der Waals surface area contributed by atoms with Crippen molar-refractivity contribution >= 4 is 34.2 Å². The minimum absolute atomic E-state index is 0.136. The van der Waals surface area contributed by atoms with Crippen molar-refractivity contribution in [3.63, 3.8) is 0 Å². The van der Waals surface area contributed by atoms with E-state index in [0.717, 1.165) is 13.1 Å². The van der Waals surface area contributed by atoms with Gasteiger partial charge in [-0.1, -0.05) is 29.3 Å². The van der Waals surface area contributed by atoms with Gasteiger partial charge in [0.25, 0.3) is 0 Å². The Bertz CT molecular complexity index is 1010. The normalized spacial score (nSPS) is 11.4. The largest absolute Gasteiger partial charge is 0.507 e. The van der Waals surface area contributed by atoms with Crippen molar-refractivity contribution in [3.8, 4) is 16.9 Å². The predicted molar refractivity (Wildman–Crippen MR) is 105 cm³/mol. The maximum atomic E-state index is 13.0. The average Bonchev–Trinajstić information content (AvgIpc) is 2.62. The zero-order valence-corrected chi connectivity index (χ0v) is 16.1. The van der Waals surface area contributed by atoms with Crippen molar-refractivity contribution in [2.75, 3.05) is 13.1 Å². The molecular weight excluding hydrogens is 373 g/mol. The van der Waals surface area contributed by atoms with Crippen molar-refractivity contribution in [3.05, 3.63) is 62.4 Å². The molecular formula is C20H20Cl2NO3+. The van der Waals surface area contributed by atoms with Crippen molar-refractivity contribution in [1.82, 2.24) is 0 Å². The van der Waals surface area contributed by atoms with E-state index >= 15 is 0 Å². The van der Waals surface area contributed by atoms with Gasteiger partial charge >= 0.3 is 0 Å². The second-order valence-corrected chi connectivity index (χ2v) is 7.02. The molecule has 0 saturated heterocycles. The molecule has 0 atom stereocenters. The van der Waals surface area contributed by atoms with Crippen LogP contribution in [0.15, 0.2) is 45.8 Å². The van der Waals surface area contributed by atoms with E-state index < -0.39 is 0 Å². The summed E-state index contributed by atoms with van der Waals surface area (Å²) in [6.45, 7) is 6.57. The lowest BCUT2D eigenvalue weighted by Crippen LogP contribution is -3.10. The smallest absolute Gasteiger partial charge is 0.200 e. The quantitative estimate of drug-likeness (QED) is 0.692. The molecule has 3 rings (SSSR count). The van der Waals surface area contributed by atoms with Gasteiger partial charge in [0.2, 0.25) is 5.43 Å². The molecule has 1 heterocycles. The van der Waals surface area contributed by atoms with Gasteiger partial charge in [-0.05, 0) is 38.1 Å². The van der Waals surface area contributed by atoms with Crippen LogP contribution in [0.2, 0.25) is 10.0 Å². The first-order valence-electron chi connectivity index (χ1n) is 8.51. The summed E-state index contributed by atoms with van der Waals surface area (Å²) < 4.78 is 5.80. The van der Waals surface area contributed by atoms with Crippen LogP contribution in [0, 0.1) is 0 Å². The summed E-state index contributed by atoms with van der Waals surface area (Å²) in [5.74, 6) is 0.136. The first-order valence-corrected chi connectivity index (χ1v) is 9.27. The van der Waals surface area contributed by atoms with Crippen LogP contribution in [0.25, 0.3) is 22.1 Å². The molecule has 0 radical (unpaired) electrons. The van der Waals surface area contributed by atoms with E-state index in [0.29, 0.717) is 44.2 Å². The number of phenolic OH excluding ortho intramolecular Hbond substituents is 1. The molecule has 0 aliphatic rings. The number of hydrogen-bond donors (Lipinski definition) is 2. The molecule has 0 spiro atoms. The summed E-state index contributed by atoms with van der Waals surface area (Å²) in [5, 5.41) is 11.6. The number of rotatable bonds is 5. The predicted octanol–water partition coefficient (Wildman–Crippen LogP) is 3.90. The molecule has 3 aromatic rings. The monoisotopic (exact) mass is 392 g/mol. The van der Waals surface area contributed by atoms with Crippen molar-refractivity contribution in [2.45, 2.75) is 20.4 Å². The third-order valence-corrected chi connectivity index (χ3v) is 5.22. The molecule has 0 unspecified atom stereocenters. The summed E-state index contributed by atoms with van der Waals surface area (Å²) in [6.07, 6.45) is 1.40. The van der Waals surface area contributed by atoms with Gasteiger partial charge in [0.15, 0.2) is 0 Å². The fraction of sp³-hybridized carbons (Fsp3) is 0.250. The molecule has 2 aromatic carbocycles. The number of benzene rings is 2. The molecule has 26 heavy (non-hydrogen) atoms. The third-order valence-electron chi connectivity index (χ3n) is 4.67. The molecule has 0 aliphatic heterocycles. The molecule has 4 nitrogen and oxygen atoms in total. The zero-order chi connectivity index (χ0) is 18.8. The van der Waals surface area contributed by atoms with Crippen LogP contribution in [0.5, 0.6) is 5.75 Å². The maximum Gasteiger partial charge on any atom is 0.200 e. The maximum absolute atomic E-state index is 13.0. The minimum atomic E-state index is -0.189. The molecule has 6 heteroatoms. The van der Waals surface area contributed by atoms with Gasteiger partial charge in [0.1, 0.15) is 24.1 Å². The van der Waals surface area contributed by atoms with E-state index in [9.17, 15) is 9.90 Å². The molecule has 2 N–H and O–H groups in total. The lowest BCUT2D eigenvalue weighted by molar-refractivity contribution is -0.910. The first-order chi connectivity index (χ1) is 12.5. The summed E-state index contributed by atoms with van der Waals surface area (Å²) in [7, 11) is 0. The number of aromatic hydroxyl groups is 1. The number of nitrogens with one attached hydrogen (secondary N) is 1. The Balaban J connectivity index is 2.19. The molecule has 0 fully saturated rings. The Morgan fingerprint density at radius 2 is 1.81 bits per heavy atom. The van der Waals surface area contributed by atoms with Gasteiger partial charge in [0, 0.05) is 10.6 Å². The number of quaternary nitrogens is 1. The number of hydrogen-bond acceptors (Lipinski definition) is 3. The van der Waals surface area contributed by atoms with Crippen molar-refractivity contribution < 1.29 is 14.4 Å². The van der Waals surface area contributed by atoms with Crippen molar-refractivity contribution in [1.29, 1.82) is 0 Å². The average molecular weight is 393 g/mol. The van der Waals surface area contributed by atoms with E-state index in [1.165, 1.54) is 11.2 Å². The van der Waals surface area contributed by atoms with E-state index in [1.807, 2.05) is 0 Å². The van der Waals surface area contributed by atoms with Crippen LogP contribution in [-0.2, 0) is 6.54 Å². The van der Waals surface area contributed by atoms with Gasteiger partial charge in [0.05, 0.1) is 34.6 Å².